The first-order valence-electron chi connectivity index (χ1n) is 7.29. The minimum Gasteiger partial charge on any atom is -0.301 e. The smallest absolute Gasteiger partial charge is 0.299 e. The van der Waals surface area contributed by atoms with Crippen LogP contribution in [-0.2, 0) is 4.79 Å². The molecule has 0 saturated heterocycles. The number of amides is 1. The Hall–Kier alpha value is -1.23. The van der Waals surface area contributed by atoms with Crippen molar-refractivity contribution in [2.24, 2.45) is 5.41 Å². The van der Waals surface area contributed by atoms with Crippen LogP contribution in [0, 0.1) is 11.2 Å². The standard InChI is InChI=1S/C16H17BrFNO2/c17-9-16(7-2-1-3-8-16)10-19-13-11(14(20)15(19)21)5-4-6-12(13)18/h4-6H,1-3,7-10H2. The lowest BCUT2D eigenvalue weighted by atomic mass is 9.75. The Bertz CT molecular complexity index is 596. The van der Waals surface area contributed by atoms with Crippen molar-refractivity contribution in [1.29, 1.82) is 0 Å². The van der Waals surface area contributed by atoms with Crippen LogP contribution >= 0.6 is 15.9 Å². The molecular weight excluding hydrogens is 337 g/mol. The van der Waals surface area contributed by atoms with Gasteiger partial charge in [-0.05, 0) is 30.4 Å². The molecule has 1 saturated carbocycles. The zero-order valence-electron chi connectivity index (χ0n) is 11.7. The predicted molar refractivity (Wildman–Crippen MR) is 82.4 cm³/mol. The van der Waals surface area contributed by atoms with Crippen molar-refractivity contribution in [2.45, 2.75) is 32.1 Å². The largest absolute Gasteiger partial charge is 0.301 e. The van der Waals surface area contributed by atoms with Gasteiger partial charge in [0.1, 0.15) is 5.82 Å². The zero-order chi connectivity index (χ0) is 15.0. The molecule has 0 N–H and O–H groups in total. The first-order valence-corrected chi connectivity index (χ1v) is 8.41. The third-order valence-corrected chi connectivity index (χ3v) is 5.82. The summed E-state index contributed by atoms with van der Waals surface area (Å²) >= 11 is 3.55. The van der Waals surface area contributed by atoms with Crippen LogP contribution in [0.5, 0.6) is 0 Å². The molecule has 0 radical (unpaired) electrons. The van der Waals surface area contributed by atoms with Crippen molar-refractivity contribution in [3.05, 3.63) is 29.6 Å². The Balaban J connectivity index is 1.96. The number of Topliss-reactive ketones (excluding diaryl/α,β-unsaturated/α-hetero) is 1. The zero-order valence-corrected chi connectivity index (χ0v) is 13.3. The fourth-order valence-corrected chi connectivity index (χ4v) is 4.17. The highest BCUT2D eigenvalue weighted by Gasteiger charge is 2.43. The van der Waals surface area contributed by atoms with E-state index >= 15 is 0 Å². The van der Waals surface area contributed by atoms with Crippen molar-refractivity contribution in [2.75, 3.05) is 16.8 Å². The lowest BCUT2D eigenvalue weighted by Crippen LogP contribution is -2.43. The van der Waals surface area contributed by atoms with E-state index < -0.39 is 17.5 Å². The maximum atomic E-state index is 14.1. The second-order valence-corrected chi connectivity index (χ2v) is 6.61. The van der Waals surface area contributed by atoms with E-state index in [1.165, 1.54) is 29.5 Å². The van der Waals surface area contributed by atoms with Gasteiger partial charge in [-0.15, -0.1) is 0 Å². The highest BCUT2D eigenvalue weighted by Crippen LogP contribution is 2.42. The molecule has 0 bridgehead atoms. The third kappa shape index (κ3) is 2.41. The van der Waals surface area contributed by atoms with Gasteiger partial charge in [0, 0.05) is 11.9 Å². The van der Waals surface area contributed by atoms with Crippen LogP contribution in [0.2, 0.25) is 0 Å². The highest BCUT2D eigenvalue weighted by atomic mass is 79.9. The van der Waals surface area contributed by atoms with Gasteiger partial charge in [0.2, 0.25) is 0 Å². The van der Waals surface area contributed by atoms with E-state index in [9.17, 15) is 14.0 Å². The molecule has 1 aliphatic carbocycles. The average Bonchev–Trinajstić information content (AvgIpc) is 2.75. The van der Waals surface area contributed by atoms with Gasteiger partial charge in [0.05, 0.1) is 11.3 Å². The number of ketones is 1. The summed E-state index contributed by atoms with van der Waals surface area (Å²) in [6, 6.07) is 4.31. The van der Waals surface area contributed by atoms with Gasteiger partial charge in [-0.2, -0.15) is 0 Å². The van der Waals surface area contributed by atoms with Gasteiger partial charge in [-0.3, -0.25) is 9.59 Å². The summed E-state index contributed by atoms with van der Waals surface area (Å²) in [7, 11) is 0. The number of alkyl halides is 1. The molecule has 0 unspecified atom stereocenters. The molecule has 112 valence electrons. The topological polar surface area (TPSA) is 37.4 Å². The van der Waals surface area contributed by atoms with Gasteiger partial charge in [0.15, 0.2) is 0 Å². The van der Waals surface area contributed by atoms with E-state index in [0.717, 1.165) is 31.0 Å². The molecular formula is C16H17BrFNO2. The Morgan fingerprint density at radius 3 is 2.57 bits per heavy atom. The Morgan fingerprint density at radius 2 is 1.90 bits per heavy atom. The summed E-state index contributed by atoms with van der Waals surface area (Å²) in [5, 5.41) is 0.766. The van der Waals surface area contributed by atoms with Gasteiger partial charge in [-0.1, -0.05) is 41.3 Å². The number of para-hydroxylation sites is 1. The minimum absolute atomic E-state index is 0.0575. The Labute approximate surface area is 131 Å². The molecule has 0 atom stereocenters. The first-order chi connectivity index (χ1) is 10.1. The summed E-state index contributed by atoms with van der Waals surface area (Å²) in [6.45, 7) is 0.413. The highest BCUT2D eigenvalue weighted by molar-refractivity contribution is 9.09. The summed E-state index contributed by atoms with van der Waals surface area (Å²) in [5.41, 5.74) is 0.303. The van der Waals surface area contributed by atoms with Gasteiger partial charge in [-0.25, -0.2) is 4.39 Å². The van der Waals surface area contributed by atoms with Crippen LogP contribution in [0.3, 0.4) is 0 Å². The predicted octanol–water partition coefficient (Wildman–Crippen LogP) is 3.70. The Morgan fingerprint density at radius 1 is 1.19 bits per heavy atom. The van der Waals surface area contributed by atoms with Crippen molar-refractivity contribution < 1.29 is 14.0 Å². The van der Waals surface area contributed by atoms with Crippen molar-refractivity contribution in [1.82, 2.24) is 0 Å². The number of carbonyl (C=O) groups excluding carboxylic acids is 2. The van der Waals surface area contributed by atoms with Crippen LogP contribution in [-0.4, -0.2) is 23.6 Å². The van der Waals surface area contributed by atoms with Gasteiger partial charge >= 0.3 is 0 Å². The average molecular weight is 354 g/mol. The lowest BCUT2D eigenvalue weighted by Gasteiger charge is -2.38. The maximum absolute atomic E-state index is 14.1. The fourth-order valence-electron chi connectivity index (χ4n) is 3.43. The SMILES string of the molecule is O=C1C(=O)N(CC2(CBr)CCCCC2)c2c(F)cccc21. The minimum atomic E-state index is -0.596. The van der Waals surface area contributed by atoms with Crippen molar-refractivity contribution >= 4 is 33.3 Å². The number of hydrogen-bond donors (Lipinski definition) is 0. The molecule has 1 fully saturated rings. The van der Waals surface area contributed by atoms with Crippen LogP contribution in [0.25, 0.3) is 0 Å². The number of benzene rings is 1. The molecule has 1 amide bonds. The number of nitrogens with zero attached hydrogens (tertiary/aromatic N) is 1. The number of carbonyl (C=O) groups is 2. The number of rotatable bonds is 3. The molecule has 2 aliphatic rings. The molecule has 21 heavy (non-hydrogen) atoms. The van der Waals surface area contributed by atoms with Crippen LogP contribution in [0.4, 0.5) is 10.1 Å². The van der Waals surface area contributed by atoms with E-state index in [-0.39, 0.29) is 16.7 Å². The normalized spacial score (nSPS) is 20.8. The second kappa shape index (κ2) is 5.52. The monoisotopic (exact) mass is 353 g/mol. The molecule has 0 aromatic heterocycles. The third-order valence-electron chi connectivity index (χ3n) is 4.63. The van der Waals surface area contributed by atoms with Crippen LogP contribution in [0.1, 0.15) is 42.5 Å². The first kappa shape index (κ1) is 14.7. The molecule has 3 rings (SSSR count). The van der Waals surface area contributed by atoms with E-state index in [0.29, 0.717) is 6.54 Å². The summed E-state index contributed by atoms with van der Waals surface area (Å²) in [5.74, 6) is -1.68. The van der Waals surface area contributed by atoms with Crippen LogP contribution < -0.4 is 4.90 Å². The molecule has 1 heterocycles. The van der Waals surface area contributed by atoms with E-state index in [2.05, 4.69) is 15.9 Å². The van der Waals surface area contributed by atoms with E-state index in [1.807, 2.05) is 0 Å². The van der Waals surface area contributed by atoms with Gasteiger partial charge < -0.3 is 4.90 Å². The summed E-state index contributed by atoms with van der Waals surface area (Å²) in [4.78, 5) is 25.6. The molecule has 1 aromatic carbocycles. The quantitative estimate of drug-likeness (QED) is 0.613. The summed E-state index contributed by atoms with van der Waals surface area (Å²) < 4.78 is 14.1. The van der Waals surface area contributed by atoms with E-state index in [1.54, 1.807) is 0 Å². The summed E-state index contributed by atoms with van der Waals surface area (Å²) in [6.07, 6.45) is 5.43. The van der Waals surface area contributed by atoms with Crippen molar-refractivity contribution in [3.8, 4) is 0 Å². The lowest BCUT2D eigenvalue weighted by molar-refractivity contribution is -0.114. The molecule has 0 spiro atoms. The number of anilines is 1. The fraction of sp³-hybridized carbons (Fsp3) is 0.500. The Kier molecular flexibility index (Phi) is 3.86. The number of fused-ring (bicyclic) bond motifs is 1. The van der Waals surface area contributed by atoms with E-state index in [4.69, 9.17) is 0 Å². The number of hydrogen-bond acceptors (Lipinski definition) is 2. The molecule has 5 heteroatoms. The molecule has 1 aliphatic heterocycles. The molecule has 1 aromatic rings. The van der Waals surface area contributed by atoms with Gasteiger partial charge in [0.25, 0.3) is 11.7 Å². The second-order valence-electron chi connectivity index (χ2n) is 6.05. The number of halogens is 2. The van der Waals surface area contributed by atoms with Crippen LogP contribution in [0.15, 0.2) is 18.2 Å². The maximum Gasteiger partial charge on any atom is 0.299 e. The van der Waals surface area contributed by atoms with Crippen molar-refractivity contribution in [3.63, 3.8) is 0 Å². The molecule has 3 nitrogen and oxygen atoms in total.